The molecule has 1 spiro atoms. The molecule has 1 heteroatoms. The molecule has 3 fully saturated rings. The second-order valence-corrected chi connectivity index (χ2v) is 4.27. The normalized spacial score (nSPS) is 62.9. The molecule has 3 aliphatic rings. The molecule has 0 aromatic heterocycles. The molecule has 4 atom stereocenters. The van der Waals surface area contributed by atoms with E-state index in [1.54, 1.807) is 0 Å². The summed E-state index contributed by atoms with van der Waals surface area (Å²) >= 11 is 0. The second kappa shape index (κ2) is 1.19. The summed E-state index contributed by atoms with van der Waals surface area (Å²) in [5.41, 5.74) is 0.580. The number of Topliss-reactive ketones (excluding diaryl/α,β-unsaturated/α-hetero) is 1. The van der Waals surface area contributed by atoms with Crippen molar-refractivity contribution in [1.29, 1.82) is 0 Å². The summed E-state index contributed by atoms with van der Waals surface area (Å²) in [7, 11) is 0. The van der Waals surface area contributed by atoms with Crippen molar-refractivity contribution < 1.29 is 4.79 Å². The van der Waals surface area contributed by atoms with Crippen LogP contribution in [-0.2, 0) is 4.79 Å². The van der Waals surface area contributed by atoms with Crippen LogP contribution < -0.4 is 0 Å². The number of ketones is 1. The Morgan fingerprint density at radius 3 is 2.80 bits per heavy atom. The highest BCUT2D eigenvalue weighted by molar-refractivity contribution is 5.88. The van der Waals surface area contributed by atoms with Gasteiger partial charge in [-0.3, -0.25) is 4.79 Å². The Balaban J connectivity index is 2.02. The molecule has 0 heterocycles. The number of carbonyl (C=O) groups is 1. The second-order valence-electron chi connectivity index (χ2n) is 4.27. The zero-order valence-corrected chi connectivity index (χ0v) is 6.26. The smallest absolute Gasteiger partial charge is 0.136 e. The van der Waals surface area contributed by atoms with Gasteiger partial charge in [0.25, 0.3) is 0 Å². The molecular weight excluding hydrogens is 124 g/mol. The maximum atomic E-state index is 11.2. The number of carbonyl (C=O) groups excluding carboxylic acids is 1. The van der Waals surface area contributed by atoms with Crippen LogP contribution in [0.25, 0.3) is 0 Å². The molecule has 0 radical (unpaired) electrons. The van der Waals surface area contributed by atoms with E-state index in [0.717, 1.165) is 18.3 Å². The molecule has 0 aromatic carbocycles. The van der Waals surface area contributed by atoms with Gasteiger partial charge in [0, 0.05) is 12.3 Å². The molecule has 0 N–H and O–H groups in total. The zero-order valence-electron chi connectivity index (χ0n) is 6.26. The third kappa shape index (κ3) is 0.301. The minimum absolute atomic E-state index is 0.521. The van der Waals surface area contributed by atoms with Crippen LogP contribution in [-0.4, -0.2) is 5.78 Å². The molecule has 0 saturated heterocycles. The average Bonchev–Trinajstić information content (AvgIpc) is 2.29. The Kier molecular flexibility index (Phi) is 0.637. The Bertz CT molecular complexity index is 221. The van der Waals surface area contributed by atoms with Gasteiger partial charge >= 0.3 is 0 Å². The van der Waals surface area contributed by atoms with E-state index >= 15 is 0 Å². The van der Waals surface area contributed by atoms with Crippen molar-refractivity contribution in [2.45, 2.75) is 26.2 Å². The molecule has 0 aromatic rings. The van der Waals surface area contributed by atoms with Crippen LogP contribution in [0.5, 0.6) is 0 Å². The summed E-state index contributed by atoms with van der Waals surface area (Å²) in [5.74, 6) is 2.81. The fraction of sp³-hybridized carbons (Fsp3) is 0.889. The van der Waals surface area contributed by atoms with Crippen molar-refractivity contribution in [3.63, 3.8) is 0 Å². The minimum Gasteiger partial charge on any atom is -0.299 e. The van der Waals surface area contributed by atoms with Crippen LogP contribution in [0.4, 0.5) is 0 Å². The molecule has 0 aliphatic heterocycles. The Hall–Kier alpha value is -0.330. The van der Waals surface area contributed by atoms with E-state index in [4.69, 9.17) is 0 Å². The average molecular weight is 136 g/mol. The molecule has 0 amide bonds. The standard InChI is InChI=1S/C9H12O/c1-5-7-4-8(10)6-2-3-9(5,6)7/h5-7H,2-4H2,1H3. The van der Waals surface area contributed by atoms with Crippen molar-refractivity contribution in [3.8, 4) is 0 Å². The topological polar surface area (TPSA) is 17.1 Å². The van der Waals surface area contributed by atoms with Gasteiger partial charge in [-0.2, -0.15) is 0 Å². The summed E-state index contributed by atoms with van der Waals surface area (Å²) in [6, 6.07) is 0. The molecule has 3 saturated carbocycles. The summed E-state index contributed by atoms with van der Waals surface area (Å²) in [6.45, 7) is 2.32. The van der Waals surface area contributed by atoms with Gasteiger partial charge in [-0.25, -0.2) is 0 Å². The minimum atomic E-state index is 0.521. The molecular formula is C9H12O. The largest absolute Gasteiger partial charge is 0.299 e. The van der Waals surface area contributed by atoms with Gasteiger partial charge in [-0.15, -0.1) is 0 Å². The molecule has 54 valence electrons. The highest BCUT2D eigenvalue weighted by atomic mass is 16.1. The SMILES string of the molecule is CC1C2CC(=O)C3CCC312. The molecule has 1 nitrogen and oxygen atoms in total. The van der Waals surface area contributed by atoms with Gasteiger partial charge in [0.2, 0.25) is 0 Å². The van der Waals surface area contributed by atoms with Crippen LogP contribution in [0.1, 0.15) is 26.2 Å². The van der Waals surface area contributed by atoms with Crippen LogP contribution in [0, 0.1) is 23.2 Å². The van der Waals surface area contributed by atoms with Crippen molar-refractivity contribution >= 4 is 5.78 Å². The highest BCUT2D eigenvalue weighted by Gasteiger charge is 2.75. The number of rotatable bonds is 0. The van der Waals surface area contributed by atoms with E-state index in [9.17, 15) is 4.79 Å². The van der Waals surface area contributed by atoms with Gasteiger partial charge in [-0.1, -0.05) is 6.92 Å². The van der Waals surface area contributed by atoms with Crippen molar-refractivity contribution in [2.24, 2.45) is 23.2 Å². The van der Waals surface area contributed by atoms with Crippen LogP contribution in [0.3, 0.4) is 0 Å². The van der Waals surface area contributed by atoms with Crippen molar-refractivity contribution in [3.05, 3.63) is 0 Å². The third-order valence-corrected chi connectivity index (χ3v) is 4.36. The van der Waals surface area contributed by atoms with E-state index in [-0.39, 0.29) is 0 Å². The molecule has 0 bridgehead atoms. The summed E-state index contributed by atoms with van der Waals surface area (Å²) in [4.78, 5) is 11.2. The first-order valence-corrected chi connectivity index (χ1v) is 4.29. The highest BCUT2D eigenvalue weighted by Crippen LogP contribution is 2.78. The fourth-order valence-electron chi connectivity index (χ4n) is 3.55. The van der Waals surface area contributed by atoms with E-state index < -0.39 is 0 Å². The van der Waals surface area contributed by atoms with Crippen molar-refractivity contribution in [1.82, 2.24) is 0 Å². The number of hydrogen-bond donors (Lipinski definition) is 0. The van der Waals surface area contributed by atoms with Gasteiger partial charge in [0.05, 0.1) is 0 Å². The quantitative estimate of drug-likeness (QED) is 0.494. The van der Waals surface area contributed by atoms with Gasteiger partial charge < -0.3 is 0 Å². The predicted octanol–water partition coefficient (Wildman–Crippen LogP) is 1.62. The first-order chi connectivity index (χ1) is 4.77. The molecule has 4 unspecified atom stereocenters. The summed E-state index contributed by atoms with van der Waals surface area (Å²) < 4.78 is 0. The van der Waals surface area contributed by atoms with Gasteiger partial charge in [0.1, 0.15) is 5.78 Å². The molecule has 3 aliphatic carbocycles. The van der Waals surface area contributed by atoms with Crippen LogP contribution in [0.2, 0.25) is 0 Å². The van der Waals surface area contributed by atoms with Crippen LogP contribution >= 0.6 is 0 Å². The first-order valence-electron chi connectivity index (χ1n) is 4.29. The zero-order chi connectivity index (χ0) is 6.93. The lowest BCUT2D eigenvalue weighted by Gasteiger charge is -2.34. The van der Waals surface area contributed by atoms with E-state index in [2.05, 4.69) is 6.92 Å². The van der Waals surface area contributed by atoms with Crippen LogP contribution in [0.15, 0.2) is 0 Å². The maximum absolute atomic E-state index is 11.2. The predicted molar refractivity (Wildman–Crippen MR) is 37.4 cm³/mol. The Morgan fingerprint density at radius 2 is 2.40 bits per heavy atom. The maximum Gasteiger partial charge on any atom is 0.136 e. The lowest BCUT2D eigenvalue weighted by atomic mass is 9.69. The third-order valence-electron chi connectivity index (χ3n) is 4.36. The summed E-state index contributed by atoms with van der Waals surface area (Å²) in [6.07, 6.45) is 3.49. The van der Waals surface area contributed by atoms with E-state index in [1.165, 1.54) is 12.8 Å². The van der Waals surface area contributed by atoms with Crippen molar-refractivity contribution in [2.75, 3.05) is 0 Å². The fourth-order valence-corrected chi connectivity index (χ4v) is 3.55. The van der Waals surface area contributed by atoms with E-state index in [1.807, 2.05) is 0 Å². The molecule has 3 rings (SSSR count). The number of hydrogen-bond acceptors (Lipinski definition) is 1. The lowest BCUT2D eigenvalue weighted by molar-refractivity contribution is -0.126. The monoisotopic (exact) mass is 136 g/mol. The summed E-state index contributed by atoms with van der Waals surface area (Å²) in [5, 5.41) is 0. The molecule has 10 heavy (non-hydrogen) atoms. The Labute approximate surface area is 60.8 Å². The first kappa shape index (κ1) is 5.34. The Morgan fingerprint density at radius 1 is 1.60 bits per heavy atom. The van der Waals surface area contributed by atoms with E-state index in [0.29, 0.717) is 17.1 Å². The lowest BCUT2D eigenvalue weighted by Crippen LogP contribution is -2.32. The van der Waals surface area contributed by atoms with Gasteiger partial charge in [0.15, 0.2) is 0 Å². The van der Waals surface area contributed by atoms with Gasteiger partial charge in [-0.05, 0) is 30.1 Å².